The molecule has 0 saturated carbocycles. The Kier molecular flexibility index (Phi) is 5.09. The summed E-state index contributed by atoms with van der Waals surface area (Å²) >= 11 is 11.8. The number of alkyl halides is 2. The summed E-state index contributed by atoms with van der Waals surface area (Å²) in [4.78, 5) is 10.3. The average molecular weight is 348 g/mol. The molecule has 3 aromatic rings. The number of benzene rings is 2. The molecule has 0 aliphatic rings. The van der Waals surface area contributed by atoms with Crippen molar-refractivity contribution in [3.8, 4) is 11.4 Å². The Hall–Kier alpha value is -1.71. The van der Waals surface area contributed by atoms with Gasteiger partial charge in [-0.3, -0.25) is 0 Å². The summed E-state index contributed by atoms with van der Waals surface area (Å²) in [5.41, 5.74) is 5.47. The SMILES string of the molecule is Cc1cc(N(CCCl)CCCl)ccc1-c1nc2ccccc2[nH]1. The summed E-state index contributed by atoms with van der Waals surface area (Å²) in [7, 11) is 0. The highest BCUT2D eigenvalue weighted by atomic mass is 35.5. The van der Waals surface area contributed by atoms with Crippen LogP contribution in [0.25, 0.3) is 22.4 Å². The number of imidazole rings is 1. The van der Waals surface area contributed by atoms with Crippen LogP contribution in [-0.2, 0) is 0 Å². The van der Waals surface area contributed by atoms with Gasteiger partial charge in [-0.05, 0) is 42.8 Å². The van der Waals surface area contributed by atoms with E-state index in [0.717, 1.165) is 41.2 Å². The fourth-order valence-electron chi connectivity index (χ4n) is 2.76. The van der Waals surface area contributed by atoms with E-state index in [-0.39, 0.29) is 0 Å². The Bertz CT molecular complexity index is 759. The standard InChI is InChI=1S/C18H19Cl2N3/c1-13-12-14(23(10-8-19)11-9-20)6-7-15(13)18-21-16-4-2-3-5-17(16)22-18/h2-7,12H,8-11H2,1H3,(H,21,22). The molecule has 0 amide bonds. The van der Waals surface area contributed by atoms with Crippen molar-refractivity contribution in [2.24, 2.45) is 0 Å². The highest BCUT2D eigenvalue weighted by Gasteiger charge is 2.11. The van der Waals surface area contributed by atoms with Crippen molar-refractivity contribution in [3.05, 3.63) is 48.0 Å². The average Bonchev–Trinajstić information content (AvgIpc) is 2.98. The van der Waals surface area contributed by atoms with Crippen LogP contribution < -0.4 is 4.90 Å². The molecule has 120 valence electrons. The van der Waals surface area contributed by atoms with Crippen LogP contribution >= 0.6 is 23.2 Å². The molecule has 0 aliphatic carbocycles. The molecule has 2 aromatic carbocycles. The predicted octanol–water partition coefficient (Wildman–Crippen LogP) is 4.82. The molecule has 5 heteroatoms. The lowest BCUT2D eigenvalue weighted by Crippen LogP contribution is -2.27. The van der Waals surface area contributed by atoms with Gasteiger partial charge in [-0.1, -0.05) is 12.1 Å². The van der Waals surface area contributed by atoms with Gasteiger partial charge < -0.3 is 9.88 Å². The molecule has 0 atom stereocenters. The van der Waals surface area contributed by atoms with Gasteiger partial charge in [0.2, 0.25) is 0 Å². The van der Waals surface area contributed by atoms with Crippen molar-refractivity contribution in [2.45, 2.75) is 6.92 Å². The minimum atomic E-state index is 0.585. The monoisotopic (exact) mass is 347 g/mol. The number of aromatic nitrogens is 2. The first-order valence-corrected chi connectivity index (χ1v) is 8.72. The number of aryl methyl sites for hydroxylation is 1. The zero-order valence-electron chi connectivity index (χ0n) is 13.0. The van der Waals surface area contributed by atoms with E-state index in [2.05, 4.69) is 40.0 Å². The number of hydrogen-bond donors (Lipinski definition) is 1. The zero-order chi connectivity index (χ0) is 16.2. The van der Waals surface area contributed by atoms with Gasteiger partial charge >= 0.3 is 0 Å². The van der Waals surface area contributed by atoms with Crippen molar-refractivity contribution in [1.29, 1.82) is 0 Å². The lowest BCUT2D eigenvalue weighted by atomic mass is 10.1. The third kappa shape index (κ3) is 3.46. The minimum absolute atomic E-state index is 0.585. The summed E-state index contributed by atoms with van der Waals surface area (Å²) in [5, 5.41) is 0. The van der Waals surface area contributed by atoms with Crippen molar-refractivity contribution in [2.75, 3.05) is 29.7 Å². The van der Waals surface area contributed by atoms with Gasteiger partial charge in [0.15, 0.2) is 0 Å². The van der Waals surface area contributed by atoms with E-state index >= 15 is 0 Å². The first-order valence-electron chi connectivity index (χ1n) is 7.65. The summed E-state index contributed by atoms with van der Waals surface area (Å²) < 4.78 is 0. The molecule has 0 unspecified atom stereocenters. The molecule has 1 heterocycles. The van der Waals surface area contributed by atoms with E-state index in [1.54, 1.807) is 0 Å². The van der Waals surface area contributed by atoms with E-state index < -0.39 is 0 Å². The molecular weight excluding hydrogens is 329 g/mol. The molecule has 0 fully saturated rings. The number of anilines is 1. The number of rotatable bonds is 6. The summed E-state index contributed by atoms with van der Waals surface area (Å²) in [5.74, 6) is 2.07. The summed E-state index contributed by atoms with van der Waals surface area (Å²) in [6, 6.07) is 14.4. The number of hydrogen-bond acceptors (Lipinski definition) is 2. The lowest BCUT2D eigenvalue weighted by Gasteiger charge is -2.23. The van der Waals surface area contributed by atoms with Crippen molar-refractivity contribution in [3.63, 3.8) is 0 Å². The molecule has 3 nitrogen and oxygen atoms in total. The normalized spacial score (nSPS) is 11.1. The number of halogens is 2. The van der Waals surface area contributed by atoms with Crippen LogP contribution in [0.4, 0.5) is 5.69 Å². The van der Waals surface area contributed by atoms with E-state index in [1.165, 1.54) is 5.56 Å². The topological polar surface area (TPSA) is 31.9 Å². The predicted molar refractivity (Wildman–Crippen MR) is 99.9 cm³/mol. The lowest BCUT2D eigenvalue weighted by molar-refractivity contribution is 0.873. The molecular formula is C18H19Cl2N3. The minimum Gasteiger partial charge on any atom is -0.369 e. The number of H-pyrrole nitrogens is 1. The maximum Gasteiger partial charge on any atom is 0.138 e. The maximum atomic E-state index is 5.89. The molecule has 0 saturated heterocycles. The third-order valence-electron chi connectivity index (χ3n) is 3.93. The Morgan fingerprint density at radius 1 is 1.04 bits per heavy atom. The van der Waals surface area contributed by atoms with Crippen LogP contribution in [0, 0.1) is 6.92 Å². The number of nitrogens with zero attached hydrogens (tertiary/aromatic N) is 2. The van der Waals surface area contributed by atoms with Crippen LogP contribution in [0.2, 0.25) is 0 Å². The van der Waals surface area contributed by atoms with Gasteiger partial charge in [0, 0.05) is 36.1 Å². The first-order chi connectivity index (χ1) is 11.2. The van der Waals surface area contributed by atoms with Crippen LogP contribution in [-0.4, -0.2) is 34.8 Å². The highest BCUT2D eigenvalue weighted by molar-refractivity contribution is 6.18. The molecule has 0 aliphatic heterocycles. The van der Waals surface area contributed by atoms with Gasteiger partial charge in [-0.2, -0.15) is 0 Å². The van der Waals surface area contributed by atoms with Crippen molar-refractivity contribution >= 4 is 39.9 Å². The number of fused-ring (bicyclic) bond motifs is 1. The van der Waals surface area contributed by atoms with Gasteiger partial charge in [-0.25, -0.2) is 4.98 Å². The zero-order valence-corrected chi connectivity index (χ0v) is 14.5. The van der Waals surface area contributed by atoms with Crippen LogP contribution in [0.15, 0.2) is 42.5 Å². The largest absolute Gasteiger partial charge is 0.369 e. The molecule has 23 heavy (non-hydrogen) atoms. The van der Waals surface area contributed by atoms with Gasteiger partial charge in [-0.15, -0.1) is 23.2 Å². The Morgan fingerprint density at radius 3 is 2.43 bits per heavy atom. The third-order valence-corrected chi connectivity index (χ3v) is 4.27. The van der Waals surface area contributed by atoms with Gasteiger partial charge in [0.25, 0.3) is 0 Å². The quantitative estimate of drug-likeness (QED) is 0.648. The van der Waals surface area contributed by atoms with E-state index in [4.69, 9.17) is 23.2 Å². The fourth-order valence-corrected chi connectivity index (χ4v) is 3.17. The summed E-state index contributed by atoms with van der Waals surface area (Å²) in [6.45, 7) is 3.68. The van der Waals surface area contributed by atoms with Gasteiger partial charge in [0.05, 0.1) is 11.0 Å². The highest BCUT2D eigenvalue weighted by Crippen LogP contribution is 2.27. The second kappa shape index (κ2) is 7.24. The Balaban J connectivity index is 1.95. The van der Waals surface area contributed by atoms with Crippen LogP contribution in [0.1, 0.15) is 5.56 Å². The van der Waals surface area contributed by atoms with Crippen molar-refractivity contribution < 1.29 is 0 Å². The van der Waals surface area contributed by atoms with Gasteiger partial charge in [0.1, 0.15) is 5.82 Å². The van der Waals surface area contributed by atoms with Crippen LogP contribution in [0.3, 0.4) is 0 Å². The first kappa shape index (κ1) is 16.2. The maximum absolute atomic E-state index is 5.89. The molecule has 0 spiro atoms. The molecule has 0 radical (unpaired) electrons. The number of aromatic amines is 1. The van der Waals surface area contributed by atoms with Crippen LogP contribution in [0.5, 0.6) is 0 Å². The molecule has 1 aromatic heterocycles. The second-order valence-electron chi connectivity index (χ2n) is 5.47. The molecule has 0 bridgehead atoms. The number of para-hydroxylation sites is 2. The smallest absolute Gasteiger partial charge is 0.138 e. The van der Waals surface area contributed by atoms with E-state index in [1.807, 2.05) is 24.3 Å². The van der Waals surface area contributed by atoms with E-state index in [9.17, 15) is 0 Å². The summed E-state index contributed by atoms with van der Waals surface area (Å²) in [6.07, 6.45) is 0. The second-order valence-corrected chi connectivity index (χ2v) is 6.22. The molecule has 3 rings (SSSR count). The van der Waals surface area contributed by atoms with Crippen molar-refractivity contribution in [1.82, 2.24) is 9.97 Å². The number of nitrogens with one attached hydrogen (secondary N) is 1. The fraction of sp³-hybridized carbons (Fsp3) is 0.278. The molecule has 1 N–H and O–H groups in total. The Morgan fingerprint density at radius 2 is 1.78 bits per heavy atom. The Labute approximate surface area is 146 Å². The van der Waals surface area contributed by atoms with E-state index in [0.29, 0.717) is 11.8 Å².